The SMILES string of the molecule is CCN1CCN(C(=O)C2(C#N)CCCC(NC(=O)c3ccc(-c4cccc(F)c4)nc3)C2)CC1. The van der Waals surface area contributed by atoms with Crippen molar-refractivity contribution in [2.24, 2.45) is 5.41 Å². The molecule has 2 atom stereocenters. The molecule has 8 heteroatoms. The van der Waals surface area contributed by atoms with Crippen molar-refractivity contribution in [2.45, 2.75) is 38.6 Å². The molecule has 2 fully saturated rings. The number of halogens is 1. The molecule has 1 saturated carbocycles. The predicted molar refractivity (Wildman–Crippen MR) is 126 cm³/mol. The van der Waals surface area contributed by atoms with Crippen LogP contribution >= 0.6 is 0 Å². The van der Waals surface area contributed by atoms with Crippen molar-refractivity contribution in [3.63, 3.8) is 0 Å². The van der Waals surface area contributed by atoms with Crippen molar-refractivity contribution in [1.82, 2.24) is 20.1 Å². The number of hydrogen-bond acceptors (Lipinski definition) is 5. The highest BCUT2D eigenvalue weighted by molar-refractivity contribution is 5.94. The molecule has 7 nitrogen and oxygen atoms in total. The minimum Gasteiger partial charge on any atom is -0.349 e. The first-order valence-corrected chi connectivity index (χ1v) is 11.9. The van der Waals surface area contributed by atoms with Crippen LogP contribution in [0.15, 0.2) is 42.6 Å². The lowest BCUT2D eigenvalue weighted by Gasteiger charge is -2.41. The summed E-state index contributed by atoms with van der Waals surface area (Å²) in [6.45, 7) is 5.97. The molecule has 1 aromatic heterocycles. The van der Waals surface area contributed by atoms with Crippen molar-refractivity contribution in [1.29, 1.82) is 5.26 Å². The molecule has 0 radical (unpaired) electrons. The Hall–Kier alpha value is -3.31. The van der Waals surface area contributed by atoms with Crippen LogP contribution in [0.5, 0.6) is 0 Å². The highest BCUT2D eigenvalue weighted by atomic mass is 19.1. The van der Waals surface area contributed by atoms with Crippen LogP contribution in [0.3, 0.4) is 0 Å². The fourth-order valence-corrected chi connectivity index (χ4v) is 4.93. The van der Waals surface area contributed by atoms with E-state index < -0.39 is 5.41 Å². The van der Waals surface area contributed by atoms with Gasteiger partial charge in [-0.15, -0.1) is 0 Å². The topological polar surface area (TPSA) is 89.3 Å². The Balaban J connectivity index is 1.40. The quantitative estimate of drug-likeness (QED) is 0.735. The van der Waals surface area contributed by atoms with E-state index in [0.29, 0.717) is 49.2 Å². The molecule has 2 amide bonds. The van der Waals surface area contributed by atoms with E-state index in [1.165, 1.54) is 18.3 Å². The number of carbonyl (C=O) groups excluding carboxylic acids is 2. The molecule has 1 saturated heterocycles. The zero-order chi connectivity index (χ0) is 24.1. The van der Waals surface area contributed by atoms with Gasteiger partial charge in [-0.05, 0) is 56.5 Å². The largest absolute Gasteiger partial charge is 0.349 e. The summed E-state index contributed by atoms with van der Waals surface area (Å²) in [6.07, 6.45) is 3.73. The third-order valence-corrected chi connectivity index (χ3v) is 6.96. The maximum absolute atomic E-state index is 13.5. The van der Waals surface area contributed by atoms with Crippen LogP contribution in [-0.2, 0) is 4.79 Å². The Kier molecular flexibility index (Phi) is 7.23. The second-order valence-electron chi connectivity index (χ2n) is 9.13. The summed E-state index contributed by atoms with van der Waals surface area (Å²) in [4.78, 5) is 34.6. The average molecular weight is 464 g/mol. The van der Waals surface area contributed by atoms with Crippen LogP contribution in [0.25, 0.3) is 11.3 Å². The molecular formula is C26H30FN5O2. The molecule has 34 heavy (non-hydrogen) atoms. The standard InChI is InChI=1S/C26H30FN5O2/c1-2-31-11-13-32(14-12-31)25(34)26(18-28)10-4-7-22(16-26)30-24(33)20-8-9-23(29-17-20)19-5-3-6-21(27)15-19/h3,5-6,8-9,15,17,22H,2,4,7,10-14,16H2,1H3,(H,30,33). The van der Waals surface area contributed by atoms with Crippen LogP contribution in [-0.4, -0.2) is 65.4 Å². The van der Waals surface area contributed by atoms with Gasteiger partial charge in [-0.3, -0.25) is 14.6 Å². The van der Waals surface area contributed by atoms with E-state index >= 15 is 0 Å². The minimum absolute atomic E-state index is 0.106. The lowest BCUT2D eigenvalue weighted by Crippen LogP contribution is -2.55. The smallest absolute Gasteiger partial charge is 0.253 e. The minimum atomic E-state index is -1.09. The maximum atomic E-state index is 13.5. The van der Waals surface area contributed by atoms with Crippen LogP contribution in [0.1, 0.15) is 43.0 Å². The van der Waals surface area contributed by atoms with Crippen molar-refractivity contribution in [3.8, 4) is 17.3 Å². The van der Waals surface area contributed by atoms with Gasteiger partial charge in [0.15, 0.2) is 0 Å². The summed E-state index contributed by atoms with van der Waals surface area (Å²) in [6, 6.07) is 11.5. The first-order chi connectivity index (χ1) is 16.4. The fraction of sp³-hybridized carbons (Fsp3) is 0.462. The average Bonchev–Trinajstić information content (AvgIpc) is 2.88. The van der Waals surface area contributed by atoms with Gasteiger partial charge in [0.2, 0.25) is 5.91 Å². The van der Waals surface area contributed by atoms with E-state index in [9.17, 15) is 19.2 Å². The zero-order valence-electron chi connectivity index (χ0n) is 19.5. The first kappa shape index (κ1) is 23.8. The third-order valence-electron chi connectivity index (χ3n) is 6.96. The number of likely N-dealkylation sites (N-methyl/N-ethyl adjacent to an activating group) is 1. The molecule has 4 rings (SSSR count). The second-order valence-corrected chi connectivity index (χ2v) is 9.13. The fourth-order valence-electron chi connectivity index (χ4n) is 4.93. The molecule has 178 valence electrons. The molecule has 2 unspecified atom stereocenters. The van der Waals surface area contributed by atoms with Gasteiger partial charge < -0.3 is 15.1 Å². The van der Waals surface area contributed by atoms with Crippen LogP contribution < -0.4 is 5.32 Å². The van der Waals surface area contributed by atoms with Crippen molar-refractivity contribution >= 4 is 11.8 Å². The number of piperazine rings is 1. The van der Waals surface area contributed by atoms with Gasteiger partial charge in [0, 0.05) is 44.0 Å². The Labute approximate surface area is 199 Å². The van der Waals surface area contributed by atoms with Crippen molar-refractivity contribution in [3.05, 3.63) is 54.0 Å². The zero-order valence-corrected chi connectivity index (χ0v) is 19.5. The van der Waals surface area contributed by atoms with E-state index in [1.54, 1.807) is 24.3 Å². The van der Waals surface area contributed by atoms with Gasteiger partial charge in [-0.1, -0.05) is 19.1 Å². The number of amides is 2. The van der Waals surface area contributed by atoms with E-state index in [4.69, 9.17) is 0 Å². The van der Waals surface area contributed by atoms with Crippen LogP contribution in [0.2, 0.25) is 0 Å². The summed E-state index contributed by atoms with van der Waals surface area (Å²) >= 11 is 0. The molecule has 2 aliphatic rings. The number of nitriles is 1. The first-order valence-electron chi connectivity index (χ1n) is 11.9. The number of rotatable bonds is 5. The number of hydrogen-bond donors (Lipinski definition) is 1. The summed E-state index contributed by atoms with van der Waals surface area (Å²) in [5, 5.41) is 13.0. The van der Waals surface area contributed by atoms with E-state index in [1.807, 2.05) is 4.90 Å². The molecule has 1 aromatic carbocycles. The number of aromatic nitrogens is 1. The van der Waals surface area contributed by atoms with E-state index in [-0.39, 0.29) is 23.7 Å². The van der Waals surface area contributed by atoms with Gasteiger partial charge >= 0.3 is 0 Å². The molecule has 1 aliphatic carbocycles. The van der Waals surface area contributed by atoms with Crippen molar-refractivity contribution in [2.75, 3.05) is 32.7 Å². The van der Waals surface area contributed by atoms with Crippen LogP contribution in [0.4, 0.5) is 4.39 Å². The molecule has 2 heterocycles. The Morgan fingerprint density at radius 2 is 2.03 bits per heavy atom. The summed E-state index contributed by atoms with van der Waals surface area (Å²) in [5.41, 5.74) is 0.502. The van der Waals surface area contributed by atoms with Crippen molar-refractivity contribution < 1.29 is 14.0 Å². The van der Waals surface area contributed by atoms with E-state index in [0.717, 1.165) is 26.1 Å². The summed E-state index contributed by atoms with van der Waals surface area (Å²) in [7, 11) is 0. The number of nitrogens with one attached hydrogen (secondary N) is 1. The molecule has 1 aliphatic heterocycles. The highest BCUT2D eigenvalue weighted by Crippen LogP contribution is 2.38. The Morgan fingerprint density at radius 3 is 2.68 bits per heavy atom. The van der Waals surface area contributed by atoms with Gasteiger partial charge in [-0.2, -0.15) is 5.26 Å². The van der Waals surface area contributed by atoms with Crippen LogP contribution in [0, 0.1) is 22.6 Å². The van der Waals surface area contributed by atoms with Gasteiger partial charge in [0.05, 0.1) is 17.3 Å². The number of benzene rings is 1. The van der Waals surface area contributed by atoms with Gasteiger partial charge in [0.1, 0.15) is 11.2 Å². The van der Waals surface area contributed by atoms with Gasteiger partial charge in [0.25, 0.3) is 5.91 Å². The Morgan fingerprint density at radius 1 is 1.24 bits per heavy atom. The lowest BCUT2D eigenvalue weighted by atomic mass is 9.72. The monoisotopic (exact) mass is 463 g/mol. The second kappa shape index (κ2) is 10.3. The normalized spacial score (nSPS) is 23.2. The predicted octanol–water partition coefficient (Wildman–Crippen LogP) is 3.23. The Bertz CT molecular complexity index is 1080. The summed E-state index contributed by atoms with van der Waals surface area (Å²) in [5.74, 6) is -0.743. The van der Waals surface area contributed by atoms with Gasteiger partial charge in [-0.25, -0.2) is 4.39 Å². The summed E-state index contributed by atoms with van der Waals surface area (Å²) < 4.78 is 13.5. The third kappa shape index (κ3) is 5.10. The molecule has 0 bridgehead atoms. The number of nitrogens with zero attached hydrogens (tertiary/aromatic N) is 4. The number of pyridine rings is 1. The molecule has 0 spiro atoms. The molecule has 2 aromatic rings. The maximum Gasteiger partial charge on any atom is 0.253 e. The van der Waals surface area contributed by atoms with E-state index in [2.05, 4.69) is 28.2 Å². The lowest BCUT2D eigenvalue weighted by molar-refractivity contribution is -0.142. The molecular weight excluding hydrogens is 433 g/mol. The number of carbonyl (C=O) groups is 2. The highest BCUT2D eigenvalue weighted by Gasteiger charge is 2.46. The molecule has 1 N–H and O–H groups in total.